The van der Waals surface area contributed by atoms with Crippen LogP contribution in [0.2, 0.25) is 0 Å². The monoisotopic (exact) mass is 180 g/mol. The van der Waals surface area contributed by atoms with Crippen molar-refractivity contribution < 1.29 is 4.79 Å². The first kappa shape index (κ1) is 9.84. The lowest BCUT2D eigenvalue weighted by atomic mass is 10.4. The van der Waals surface area contributed by atoms with Gasteiger partial charge in [-0.25, -0.2) is 0 Å². The molecule has 0 radical (unpaired) electrons. The van der Waals surface area contributed by atoms with E-state index in [0.717, 1.165) is 25.9 Å². The molecule has 0 unspecified atom stereocenters. The van der Waals surface area contributed by atoms with Crippen molar-refractivity contribution in [1.29, 1.82) is 0 Å². The van der Waals surface area contributed by atoms with Crippen molar-refractivity contribution in [2.45, 2.75) is 26.8 Å². The molecular formula is C10H16N2O. The van der Waals surface area contributed by atoms with Gasteiger partial charge in [-0.3, -0.25) is 4.79 Å². The zero-order chi connectivity index (χ0) is 9.68. The Morgan fingerprint density at radius 2 is 2.00 bits per heavy atom. The predicted octanol–water partition coefficient (Wildman–Crippen LogP) is 1.24. The third kappa shape index (κ3) is 2.61. The molecule has 0 atom stereocenters. The fourth-order valence-electron chi connectivity index (χ4n) is 1.45. The van der Waals surface area contributed by atoms with E-state index in [4.69, 9.17) is 0 Å². The zero-order valence-corrected chi connectivity index (χ0v) is 8.21. The standard InChI is InChI=1S/C10H16N2O/c1-9-4-5-10(2)12(9)7-3-6-11-8-13/h4-5,8H,3,6-7H2,1-2H3,(H,11,13). The van der Waals surface area contributed by atoms with Crippen LogP contribution in [0.4, 0.5) is 0 Å². The van der Waals surface area contributed by atoms with Crippen molar-refractivity contribution in [3.05, 3.63) is 23.5 Å². The molecule has 0 saturated heterocycles. The molecule has 0 saturated carbocycles. The van der Waals surface area contributed by atoms with Crippen molar-refractivity contribution in [2.75, 3.05) is 6.54 Å². The lowest BCUT2D eigenvalue weighted by Gasteiger charge is -2.08. The summed E-state index contributed by atoms with van der Waals surface area (Å²) in [6.45, 7) is 5.92. The average molecular weight is 180 g/mol. The number of amides is 1. The second-order valence-corrected chi connectivity index (χ2v) is 3.19. The summed E-state index contributed by atoms with van der Waals surface area (Å²) >= 11 is 0. The van der Waals surface area contributed by atoms with Crippen molar-refractivity contribution >= 4 is 6.41 Å². The van der Waals surface area contributed by atoms with Crippen molar-refractivity contribution in [3.63, 3.8) is 0 Å². The number of hydrogen-bond donors (Lipinski definition) is 1. The SMILES string of the molecule is Cc1ccc(C)n1CCCNC=O. The zero-order valence-electron chi connectivity index (χ0n) is 8.21. The highest BCUT2D eigenvalue weighted by atomic mass is 16.1. The number of nitrogens with one attached hydrogen (secondary N) is 1. The Morgan fingerprint density at radius 1 is 1.38 bits per heavy atom. The molecule has 0 aliphatic rings. The molecule has 1 aromatic heterocycles. The van der Waals surface area contributed by atoms with Gasteiger partial charge in [0.1, 0.15) is 0 Å². The van der Waals surface area contributed by atoms with Gasteiger partial charge in [0.15, 0.2) is 0 Å². The van der Waals surface area contributed by atoms with E-state index in [-0.39, 0.29) is 0 Å². The summed E-state index contributed by atoms with van der Waals surface area (Å²) < 4.78 is 2.26. The number of aryl methyl sites for hydroxylation is 2. The van der Waals surface area contributed by atoms with Crippen LogP contribution in [0.15, 0.2) is 12.1 Å². The summed E-state index contributed by atoms with van der Waals surface area (Å²) in [7, 11) is 0. The molecule has 0 aliphatic carbocycles. The second-order valence-electron chi connectivity index (χ2n) is 3.19. The van der Waals surface area contributed by atoms with Crippen LogP contribution < -0.4 is 5.32 Å². The lowest BCUT2D eigenvalue weighted by Crippen LogP contribution is -2.15. The van der Waals surface area contributed by atoms with Crippen LogP contribution >= 0.6 is 0 Å². The molecule has 1 amide bonds. The highest BCUT2D eigenvalue weighted by molar-refractivity contribution is 5.45. The quantitative estimate of drug-likeness (QED) is 0.537. The first-order valence-corrected chi connectivity index (χ1v) is 4.55. The van der Waals surface area contributed by atoms with E-state index in [1.165, 1.54) is 11.4 Å². The maximum atomic E-state index is 9.98. The van der Waals surface area contributed by atoms with E-state index in [1.807, 2.05) is 0 Å². The minimum Gasteiger partial charge on any atom is -0.359 e. The lowest BCUT2D eigenvalue weighted by molar-refractivity contribution is -0.109. The molecule has 1 heterocycles. The van der Waals surface area contributed by atoms with E-state index in [1.54, 1.807) is 0 Å². The molecule has 72 valence electrons. The number of nitrogens with zero attached hydrogens (tertiary/aromatic N) is 1. The molecule has 13 heavy (non-hydrogen) atoms. The maximum absolute atomic E-state index is 9.98. The van der Waals surface area contributed by atoms with E-state index < -0.39 is 0 Å². The first-order chi connectivity index (χ1) is 6.25. The molecule has 3 nitrogen and oxygen atoms in total. The minimum atomic E-state index is 0.745. The molecule has 3 heteroatoms. The summed E-state index contributed by atoms with van der Waals surface area (Å²) in [6.07, 6.45) is 1.73. The Hall–Kier alpha value is -1.25. The van der Waals surface area contributed by atoms with E-state index in [0.29, 0.717) is 0 Å². The van der Waals surface area contributed by atoms with Crippen LogP contribution in [-0.4, -0.2) is 17.5 Å². The van der Waals surface area contributed by atoms with Crippen molar-refractivity contribution in [1.82, 2.24) is 9.88 Å². The van der Waals surface area contributed by atoms with Gasteiger partial charge >= 0.3 is 0 Å². The van der Waals surface area contributed by atoms with Gasteiger partial charge in [0.25, 0.3) is 0 Å². The van der Waals surface area contributed by atoms with Crippen LogP contribution in [0.5, 0.6) is 0 Å². The second kappa shape index (κ2) is 4.70. The summed E-state index contributed by atoms with van der Waals surface area (Å²) in [4.78, 5) is 9.98. The number of hydrogen-bond acceptors (Lipinski definition) is 1. The number of carbonyl (C=O) groups is 1. The third-order valence-corrected chi connectivity index (χ3v) is 2.20. The van der Waals surface area contributed by atoms with E-state index in [2.05, 4.69) is 35.9 Å². The van der Waals surface area contributed by atoms with Crippen molar-refractivity contribution in [2.24, 2.45) is 0 Å². The molecule has 0 fully saturated rings. The predicted molar refractivity (Wildman–Crippen MR) is 52.6 cm³/mol. The maximum Gasteiger partial charge on any atom is 0.207 e. The van der Waals surface area contributed by atoms with Crippen LogP contribution in [0.1, 0.15) is 17.8 Å². The van der Waals surface area contributed by atoms with Crippen LogP contribution in [0.25, 0.3) is 0 Å². The molecule has 0 bridgehead atoms. The van der Waals surface area contributed by atoms with Crippen LogP contribution in [0, 0.1) is 13.8 Å². The first-order valence-electron chi connectivity index (χ1n) is 4.55. The fourth-order valence-corrected chi connectivity index (χ4v) is 1.45. The van der Waals surface area contributed by atoms with Gasteiger partial charge in [-0.1, -0.05) is 0 Å². The topological polar surface area (TPSA) is 34.0 Å². The Bertz CT molecular complexity index is 259. The van der Waals surface area contributed by atoms with Crippen LogP contribution in [0.3, 0.4) is 0 Å². The average Bonchev–Trinajstić information content (AvgIpc) is 2.42. The van der Waals surface area contributed by atoms with Gasteiger partial charge in [-0.2, -0.15) is 0 Å². The number of carbonyl (C=O) groups excluding carboxylic acids is 1. The number of rotatable bonds is 5. The summed E-state index contributed by atoms with van der Waals surface area (Å²) in [6, 6.07) is 4.23. The van der Waals surface area contributed by atoms with Gasteiger partial charge in [-0.05, 0) is 32.4 Å². The summed E-state index contributed by atoms with van der Waals surface area (Å²) in [5.74, 6) is 0. The molecular weight excluding hydrogens is 164 g/mol. The molecule has 1 rings (SSSR count). The van der Waals surface area contributed by atoms with Crippen molar-refractivity contribution in [3.8, 4) is 0 Å². The van der Waals surface area contributed by atoms with Gasteiger partial charge in [0, 0.05) is 24.5 Å². The minimum absolute atomic E-state index is 0.745. The highest BCUT2D eigenvalue weighted by Crippen LogP contribution is 2.07. The largest absolute Gasteiger partial charge is 0.359 e. The van der Waals surface area contributed by atoms with Gasteiger partial charge in [0.05, 0.1) is 0 Å². The summed E-state index contributed by atoms with van der Waals surface area (Å²) in [5.41, 5.74) is 2.56. The van der Waals surface area contributed by atoms with Gasteiger partial charge in [0.2, 0.25) is 6.41 Å². The Balaban J connectivity index is 2.40. The molecule has 0 spiro atoms. The van der Waals surface area contributed by atoms with Gasteiger partial charge in [-0.15, -0.1) is 0 Å². The molecule has 0 aliphatic heterocycles. The fraction of sp³-hybridized carbons (Fsp3) is 0.500. The Morgan fingerprint density at radius 3 is 2.54 bits per heavy atom. The summed E-state index contributed by atoms with van der Waals surface area (Å²) in [5, 5.41) is 2.66. The smallest absolute Gasteiger partial charge is 0.207 e. The molecule has 1 aromatic rings. The Kier molecular flexibility index (Phi) is 3.55. The third-order valence-electron chi connectivity index (χ3n) is 2.20. The van der Waals surface area contributed by atoms with Crippen LogP contribution in [-0.2, 0) is 11.3 Å². The highest BCUT2D eigenvalue weighted by Gasteiger charge is 1.98. The number of aromatic nitrogens is 1. The molecule has 1 N–H and O–H groups in total. The molecule has 0 aromatic carbocycles. The Labute approximate surface area is 78.8 Å². The normalized spacial score (nSPS) is 10.0. The van der Waals surface area contributed by atoms with E-state index >= 15 is 0 Å². The van der Waals surface area contributed by atoms with E-state index in [9.17, 15) is 4.79 Å². The van der Waals surface area contributed by atoms with Gasteiger partial charge < -0.3 is 9.88 Å².